The summed E-state index contributed by atoms with van der Waals surface area (Å²) < 4.78 is 4.61. The number of aliphatic hydroxyl groups excluding tert-OH is 1. The molecule has 1 amide bonds. The molecule has 0 aliphatic carbocycles. The molecule has 0 radical (unpaired) electrons. The fourth-order valence-corrected chi connectivity index (χ4v) is 3.75. The van der Waals surface area contributed by atoms with Crippen LogP contribution in [-0.4, -0.2) is 41.2 Å². The summed E-state index contributed by atoms with van der Waals surface area (Å²) in [7, 11) is 1.21. The van der Waals surface area contributed by atoms with Gasteiger partial charge in [0.05, 0.1) is 18.1 Å². The number of carbonyl (C=O) groups is 2. The molecule has 0 spiro atoms. The zero-order valence-corrected chi connectivity index (χ0v) is 14.6. The minimum absolute atomic E-state index is 0.418. The Bertz CT molecular complexity index is 767. The van der Waals surface area contributed by atoms with E-state index in [2.05, 4.69) is 15.0 Å². The van der Waals surface area contributed by atoms with E-state index in [0.29, 0.717) is 4.88 Å². The summed E-state index contributed by atoms with van der Waals surface area (Å²) in [5.41, 5.74) is 2.77. The predicted octanol–water partition coefficient (Wildman–Crippen LogP) is 1.87. The van der Waals surface area contributed by atoms with Crippen LogP contribution in [0.2, 0.25) is 0 Å². The van der Waals surface area contributed by atoms with Crippen molar-refractivity contribution in [2.75, 3.05) is 7.11 Å². The lowest BCUT2D eigenvalue weighted by Gasteiger charge is -2.18. The highest BCUT2D eigenvalue weighted by atomic mass is 32.1. The molecule has 0 fully saturated rings. The van der Waals surface area contributed by atoms with Gasteiger partial charge in [-0.1, -0.05) is 0 Å². The number of nitrogens with zero attached hydrogens (tertiary/aromatic N) is 1. The van der Waals surface area contributed by atoms with Crippen molar-refractivity contribution in [2.45, 2.75) is 39.8 Å². The van der Waals surface area contributed by atoms with E-state index in [-0.39, 0.29) is 0 Å². The summed E-state index contributed by atoms with van der Waals surface area (Å²) in [5, 5.41) is 13.2. The SMILES string of the molecule is COC(=O)[C@H](NC(=O)c1sc2nc(C)cc(C)c2c1C)[C@@H](C)O. The van der Waals surface area contributed by atoms with E-state index in [9.17, 15) is 14.7 Å². The maximum Gasteiger partial charge on any atom is 0.331 e. The van der Waals surface area contributed by atoms with E-state index in [0.717, 1.165) is 27.0 Å². The average Bonchev–Trinajstić information content (AvgIpc) is 2.80. The van der Waals surface area contributed by atoms with E-state index in [4.69, 9.17) is 0 Å². The van der Waals surface area contributed by atoms with Crippen LogP contribution < -0.4 is 5.32 Å². The maximum absolute atomic E-state index is 12.5. The number of amides is 1. The van der Waals surface area contributed by atoms with Crippen LogP contribution in [0.25, 0.3) is 10.2 Å². The number of aryl methyl sites for hydroxylation is 3. The highest BCUT2D eigenvalue weighted by molar-refractivity contribution is 7.20. The number of rotatable bonds is 4. The van der Waals surface area contributed by atoms with Crippen molar-refractivity contribution in [3.63, 3.8) is 0 Å². The number of hydrogen-bond donors (Lipinski definition) is 2. The van der Waals surface area contributed by atoms with Gasteiger partial charge in [-0.25, -0.2) is 9.78 Å². The number of pyridine rings is 1. The number of hydrogen-bond acceptors (Lipinski definition) is 6. The van der Waals surface area contributed by atoms with Crippen molar-refractivity contribution in [2.24, 2.45) is 0 Å². The highest BCUT2D eigenvalue weighted by Gasteiger charge is 2.28. The zero-order valence-electron chi connectivity index (χ0n) is 13.8. The lowest BCUT2D eigenvalue weighted by molar-refractivity contribution is -0.145. The van der Waals surface area contributed by atoms with E-state index in [1.165, 1.54) is 25.4 Å². The van der Waals surface area contributed by atoms with E-state index in [1.807, 2.05) is 26.8 Å². The molecule has 2 aromatic rings. The van der Waals surface area contributed by atoms with Gasteiger partial charge in [-0.15, -0.1) is 11.3 Å². The third kappa shape index (κ3) is 3.35. The summed E-state index contributed by atoms with van der Waals surface area (Å²) in [4.78, 5) is 29.9. The Morgan fingerprint density at radius 2 is 2.00 bits per heavy atom. The Hall–Kier alpha value is -1.99. The number of fused-ring (bicyclic) bond motifs is 1. The lowest BCUT2D eigenvalue weighted by Crippen LogP contribution is -2.48. The van der Waals surface area contributed by atoms with E-state index >= 15 is 0 Å². The van der Waals surface area contributed by atoms with Crippen LogP contribution in [0.4, 0.5) is 0 Å². The van der Waals surface area contributed by atoms with Crippen molar-refractivity contribution >= 4 is 33.4 Å². The number of aromatic nitrogens is 1. The lowest BCUT2D eigenvalue weighted by atomic mass is 10.1. The molecule has 0 aliphatic heterocycles. The fourth-order valence-electron chi connectivity index (χ4n) is 2.55. The van der Waals surface area contributed by atoms with Gasteiger partial charge in [0.1, 0.15) is 4.83 Å². The number of esters is 1. The first-order valence-corrected chi connectivity index (χ1v) is 8.02. The molecule has 2 aromatic heterocycles. The molecule has 7 heteroatoms. The molecule has 0 aliphatic rings. The van der Waals surface area contributed by atoms with Crippen LogP contribution in [0.5, 0.6) is 0 Å². The molecule has 2 atom stereocenters. The smallest absolute Gasteiger partial charge is 0.331 e. The first-order chi connectivity index (χ1) is 10.8. The Morgan fingerprint density at radius 3 is 2.57 bits per heavy atom. The second kappa shape index (κ2) is 6.64. The number of ether oxygens (including phenoxy) is 1. The molecule has 0 unspecified atom stereocenters. The number of nitrogens with one attached hydrogen (secondary N) is 1. The second-order valence-electron chi connectivity index (χ2n) is 5.53. The van der Waals surface area contributed by atoms with Crippen molar-refractivity contribution < 1.29 is 19.4 Å². The minimum atomic E-state index is -1.10. The fraction of sp³-hybridized carbons (Fsp3) is 0.438. The third-order valence-corrected chi connectivity index (χ3v) is 4.84. The van der Waals surface area contributed by atoms with Crippen LogP contribution in [0, 0.1) is 20.8 Å². The molecule has 0 bridgehead atoms. The maximum atomic E-state index is 12.5. The zero-order chi connectivity index (χ0) is 17.3. The second-order valence-corrected chi connectivity index (χ2v) is 6.53. The Morgan fingerprint density at radius 1 is 1.35 bits per heavy atom. The van der Waals surface area contributed by atoms with Gasteiger partial charge in [0.2, 0.25) is 0 Å². The van der Waals surface area contributed by atoms with Crippen molar-refractivity contribution in [3.8, 4) is 0 Å². The summed E-state index contributed by atoms with van der Waals surface area (Å²) in [6.45, 7) is 7.16. The third-order valence-electron chi connectivity index (χ3n) is 3.66. The van der Waals surface area contributed by atoms with Crippen molar-refractivity contribution in [1.29, 1.82) is 0 Å². The summed E-state index contributed by atoms with van der Waals surface area (Å²) >= 11 is 1.28. The molecule has 2 heterocycles. The first kappa shape index (κ1) is 17.4. The molecule has 0 saturated heterocycles. The van der Waals surface area contributed by atoms with Gasteiger partial charge >= 0.3 is 5.97 Å². The topological polar surface area (TPSA) is 88.5 Å². The molecule has 0 saturated carbocycles. The molecule has 23 heavy (non-hydrogen) atoms. The van der Waals surface area contributed by atoms with Gasteiger partial charge in [-0.3, -0.25) is 4.79 Å². The number of methoxy groups -OCH3 is 1. The summed E-state index contributed by atoms with van der Waals surface area (Å²) in [6.07, 6.45) is -1.05. The van der Waals surface area contributed by atoms with Crippen LogP contribution in [-0.2, 0) is 9.53 Å². The standard InChI is InChI=1S/C16H20N2O4S/c1-7-6-8(2)17-15-11(7)9(3)13(23-15)14(20)18-12(10(4)19)16(21)22-5/h6,10,12,19H,1-5H3,(H,18,20)/t10-,12-/m1/s1. The first-order valence-electron chi connectivity index (χ1n) is 7.20. The van der Waals surface area contributed by atoms with Gasteiger partial charge in [0, 0.05) is 11.1 Å². The number of carbonyl (C=O) groups excluding carboxylic acids is 2. The van der Waals surface area contributed by atoms with Gasteiger partial charge < -0.3 is 15.2 Å². The molecule has 2 rings (SSSR count). The number of thiophene rings is 1. The van der Waals surface area contributed by atoms with Gasteiger partial charge in [0.15, 0.2) is 6.04 Å². The summed E-state index contributed by atoms with van der Waals surface area (Å²) in [6, 6.07) is 0.865. The normalized spacial score (nSPS) is 13.7. The summed E-state index contributed by atoms with van der Waals surface area (Å²) in [5.74, 6) is -1.10. The Balaban J connectivity index is 2.40. The van der Waals surface area contributed by atoms with Gasteiger partial charge in [-0.2, -0.15) is 0 Å². The molecular weight excluding hydrogens is 316 g/mol. The largest absolute Gasteiger partial charge is 0.467 e. The van der Waals surface area contributed by atoms with Crippen LogP contribution in [0.15, 0.2) is 6.07 Å². The van der Waals surface area contributed by atoms with E-state index in [1.54, 1.807) is 0 Å². The molecular formula is C16H20N2O4S. The quantitative estimate of drug-likeness (QED) is 0.832. The van der Waals surface area contributed by atoms with Crippen LogP contribution in [0.3, 0.4) is 0 Å². The van der Waals surface area contributed by atoms with Crippen molar-refractivity contribution in [3.05, 3.63) is 27.8 Å². The Labute approximate surface area is 138 Å². The van der Waals surface area contributed by atoms with Gasteiger partial charge in [0.25, 0.3) is 5.91 Å². The molecule has 2 N–H and O–H groups in total. The predicted molar refractivity (Wildman–Crippen MR) is 88.8 cm³/mol. The molecule has 124 valence electrons. The molecule has 6 nitrogen and oxygen atoms in total. The van der Waals surface area contributed by atoms with Gasteiger partial charge in [-0.05, 0) is 44.9 Å². The Kier molecular flexibility index (Phi) is 5.01. The average molecular weight is 336 g/mol. The highest BCUT2D eigenvalue weighted by Crippen LogP contribution is 2.32. The molecule has 0 aromatic carbocycles. The van der Waals surface area contributed by atoms with Crippen LogP contribution in [0.1, 0.15) is 33.4 Å². The van der Waals surface area contributed by atoms with E-state index < -0.39 is 24.0 Å². The van der Waals surface area contributed by atoms with Crippen molar-refractivity contribution in [1.82, 2.24) is 10.3 Å². The number of aliphatic hydroxyl groups is 1. The van der Waals surface area contributed by atoms with Crippen LogP contribution >= 0.6 is 11.3 Å². The minimum Gasteiger partial charge on any atom is -0.467 e. The monoisotopic (exact) mass is 336 g/mol.